The second-order valence-corrected chi connectivity index (χ2v) is 4.73. The molecule has 1 heterocycles. The molecule has 0 aliphatic rings. The average Bonchev–Trinajstić information content (AvgIpc) is 2.69. The lowest BCUT2D eigenvalue weighted by Gasteiger charge is -2.21. The molecule has 1 N–H and O–H groups in total. The van der Waals surface area contributed by atoms with Crippen molar-refractivity contribution in [2.45, 2.75) is 58.5 Å². The minimum absolute atomic E-state index is 0.611. The summed E-state index contributed by atoms with van der Waals surface area (Å²) in [5.74, 6) is 0. The SMILES string of the molecule is CCC(CC)NC(C)CCc1cccn1C. The Morgan fingerprint density at radius 1 is 1.31 bits per heavy atom. The van der Waals surface area contributed by atoms with Gasteiger partial charge in [0.2, 0.25) is 0 Å². The summed E-state index contributed by atoms with van der Waals surface area (Å²) in [6, 6.07) is 5.63. The van der Waals surface area contributed by atoms with E-state index in [1.54, 1.807) is 0 Å². The second-order valence-electron chi connectivity index (χ2n) is 4.73. The molecule has 1 atom stereocenters. The number of aryl methyl sites for hydroxylation is 2. The third kappa shape index (κ3) is 4.01. The van der Waals surface area contributed by atoms with Crippen LogP contribution in [-0.4, -0.2) is 16.7 Å². The number of rotatable bonds is 7. The highest BCUT2D eigenvalue weighted by molar-refractivity contribution is 5.06. The number of nitrogens with zero attached hydrogens (tertiary/aromatic N) is 1. The normalized spacial score (nSPS) is 13.3. The topological polar surface area (TPSA) is 17.0 Å². The molecule has 0 amide bonds. The Kier molecular flexibility index (Phi) is 5.61. The van der Waals surface area contributed by atoms with Crippen LogP contribution in [0.25, 0.3) is 0 Å². The third-order valence-corrected chi connectivity index (χ3v) is 3.39. The van der Waals surface area contributed by atoms with E-state index < -0.39 is 0 Å². The van der Waals surface area contributed by atoms with E-state index in [1.807, 2.05) is 0 Å². The van der Waals surface area contributed by atoms with Crippen LogP contribution in [0.5, 0.6) is 0 Å². The molecule has 0 saturated heterocycles. The fraction of sp³-hybridized carbons (Fsp3) is 0.714. The minimum Gasteiger partial charge on any atom is -0.354 e. The Labute approximate surface area is 100 Å². The summed E-state index contributed by atoms with van der Waals surface area (Å²) < 4.78 is 2.21. The predicted molar refractivity (Wildman–Crippen MR) is 70.7 cm³/mol. The van der Waals surface area contributed by atoms with E-state index in [0.29, 0.717) is 12.1 Å². The Bertz CT molecular complexity index is 287. The van der Waals surface area contributed by atoms with Gasteiger partial charge in [0.15, 0.2) is 0 Å². The van der Waals surface area contributed by atoms with Crippen molar-refractivity contribution in [2.75, 3.05) is 0 Å². The molecule has 1 unspecified atom stereocenters. The Balaban J connectivity index is 2.30. The van der Waals surface area contributed by atoms with E-state index in [9.17, 15) is 0 Å². The molecule has 0 bridgehead atoms. The maximum atomic E-state index is 3.69. The zero-order valence-electron chi connectivity index (χ0n) is 11.2. The van der Waals surface area contributed by atoms with Crippen LogP contribution in [0.4, 0.5) is 0 Å². The van der Waals surface area contributed by atoms with E-state index in [0.717, 1.165) is 6.42 Å². The summed E-state index contributed by atoms with van der Waals surface area (Å²) in [5, 5.41) is 3.69. The van der Waals surface area contributed by atoms with E-state index in [-0.39, 0.29) is 0 Å². The van der Waals surface area contributed by atoms with Crippen molar-refractivity contribution in [1.29, 1.82) is 0 Å². The second kappa shape index (κ2) is 6.74. The molecule has 2 nitrogen and oxygen atoms in total. The molecule has 2 heteroatoms. The number of aromatic nitrogens is 1. The molecule has 0 spiro atoms. The van der Waals surface area contributed by atoms with Gasteiger partial charge in [-0.15, -0.1) is 0 Å². The van der Waals surface area contributed by atoms with Crippen molar-refractivity contribution in [3.05, 3.63) is 24.0 Å². The third-order valence-electron chi connectivity index (χ3n) is 3.39. The predicted octanol–water partition coefficient (Wildman–Crippen LogP) is 3.12. The lowest BCUT2D eigenvalue weighted by Crippen LogP contribution is -2.36. The van der Waals surface area contributed by atoms with Gasteiger partial charge in [0, 0.05) is 31.0 Å². The van der Waals surface area contributed by atoms with Gasteiger partial charge in [-0.05, 0) is 44.7 Å². The summed E-state index contributed by atoms with van der Waals surface area (Å²) in [6.45, 7) is 6.80. The van der Waals surface area contributed by atoms with Crippen LogP contribution in [0.15, 0.2) is 18.3 Å². The molecule has 16 heavy (non-hydrogen) atoms. The largest absolute Gasteiger partial charge is 0.354 e. The highest BCUT2D eigenvalue weighted by atomic mass is 14.9. The van der Waals surface area contributed by atoms with Gasteiger partial charge in [-0.25, -0.2) is 0 Å². The van der Waals surface area contributed by atoms with Gasteiger partial charge in [0.05, 0.1) is 0 Å². The summed E-state index contributed by atoms with van der Waals surface area (Å²) in [4.78, 5) is 0. The number of hydrogen-bond acceptors (Lipinski definition) is 1. The van der Waals surface area contributed by atoms with Gasteiger partial charge >= 0.3 is 0 Å². The summed E-state index contributed by atoms with van der Waals surface area (Å²) >= 11 is 0. The number of hydrogen-bond donors (Lipinski definition) is 1. The standard InChI is InChI=1S/C14H26N2/c1-5-13(6-2)15-12(3)9-10-14-8-7-11-16(14)4/h7-8,11-13,15H,5-6,9-10H2,1-4H3. The molecule has 1 aromatic heterocycles. The van der Waals surface area contributed by atoms with E-state index >= 15 is 0 Å². The maximum absolute atomic E-state index is 3.69. The molecule has 0 saturated carbocycles. The van der Waals surface area contributed by atoms with E-state index in [4.69, 9.17) is 0 Å². The van der Waals surface area contributed by atoms with Gasteiger partial charge in [-0.3, -0.25) is 0 Å². The molecule has 0 fully saturated rings. The van der Waals surface area contributed by atoms with Crippen molar-refractivity contribution in [2.24, 2.45) is 7.05 Å². The summed E-state index contributed by atoms with van der Waals surface area (Å²) in [6.07, 6.45) is 6.95. The summed E-state index contributed by atoms with van der Waals surface area (Å²) in [7, 11) is 2.12. The van der Waals surface area contributed by atoms with E-state index in [2.05, 4.69) is 56.0 Å². The first kappa shape index (κ1) is 13.3. The van der Waals surface area contributed by atoms with Gasteiger partial charge in [-0.2, -0.15) is 0 Å². The summed E-state index contributed by atoms with van der Waals surface area (Å²) in [5.41, 5.74) is 1.43. The van der Waals surface area contributed by atoms with Gasteiger partial charge < -0.3 is 9.88 Å². The Morgan fingerprint density at radius 2 is 2.00 bits per heavy atom. The first-order valence-corrected chi connectivity index (χ1v) is 6.53. The van der Waals surface area contributed by atoms with Crippen LogP contribution in [0, 0.1) is 0 Å². The minimum atomic E-state index is 0.611. The van der Waals surface area contributed by atoms with Crippen molar-refractivity contribution < 1.29 is 0 Å². The van der Waals surface area contributed by atoms with Crippen LogP contribution in [-0.2, 0) is 13.5 Å². The number of nitrogens with one attached hydrogen (secondary N) is 1. The fourth-order valence-corrected chi connectivity index (χ4v) is 2.13. The first-order valence-electron chi connectivity index (χ1n) is 6.53. The van der Waals surface area contributed by atoms with Crippen LogP contribution < -0.4 is 5.32 Å². The van der Waals surface area contributed by atoms with Crippen LogP contribution in [0.3, 0.4) is 0 Å². The van der Waals surface area contributed by atoms with E-state index in [1.165, 1.54) is 25.0 Å². The molecule has 1 aromatic rings. The lowest BCUT2D eigenvalue weighted by atomic mass is 10.1. The Morgan fingerprint density at radius 3 is 2.50 bits per heavy atom. The monoisotopic (exact) mass is 222 g/mol. The van der Waals surface area contributed by atoms with Crippen LogP contribution in [0.1, 0.15) is 45.7 Å². The zero-order valence-corrected chi connectivity index (χ0v) is 11.2. The first-order chi connectivity index (χ1) is 7.67. The molecule has 1 rings (SSSR count). The van der Waals surface area contributed by atoms with Crippen LogP contribution >= 0.6 is 0 Å². The van der Waals surface area contributed by atoms with Crippen molar-refractivity contribution in [1.82, 2.24) is 9.88 Å². The molecular formula is C14H26N2. The maximum Gasteiger partial charge on any atom is 0.0172 e. The molecule has 0 radical (unpaired) electrons. The molecular weight excluding hydrogens is 196 g/mol. The smallest absolute Gasteiger partial charge is 0.0172 e. The van der Waals surface area contributed by atoms with Crippen molar-refractivity contribution in [3.8, 4) is 0 Å². The Hall–Kier alpha value is -0.760. The van der Waals surface area contributed by atoms with Crippen LogP contribution in [0.2, 0.25) is 0 Å². The molecule has 92 valence electrons. The quantitative estimate of drug-likeness (QED) is 0.750. The van der Waals surface area contributed by atoms with Gasteiger partial charge in [0.25, 0.3) is 0 Å². The molecule has 0 aliphatic carbocycles. The molecule has 0 aromatic carbocycles. The van der Waals surface area contributed by atoms with Crippen molar-refractivity contribution in [3.63, 3.8) is 0 Å². The highest BCUT2D eigenvalue weighted by Gasteiger charge is 2.08. The zero-order chi connectivity index (χ0) is 12.0. The average molecular weight is 222 g/mol. The fourth-order valence-electron chi connectivity index (χ4n) is 2.13. The van der Waals surface area contributed by atoms with Gasteiger partial charge in [-0.1, -0.05) is 13.8 Å². The lowest BCUT2D eigenvalue weighted by molar-refractivity contribution is 0.407. The highest BCUT2D eigenvalue weighted by Crippen LogP contribution is 2.07. The van der Waals surface area contributed by atoms with Gasteiger partial charge in [0.1, 0.15) is 0 Å². The van der Waals surface area contributed by atoms with Crippen molar-refractivity contribution >= 4 is 0 Å². The molecule has 0 aliphatic heterocycles.